The zero-order chi connectivity index (χ0) is 16.3. The molecule has 1 aliphatic carbocycles. The van der Waals surface area contributed by atoms with E-state index in [2.05, 4.69) is 0 Å². The molecular formula is C15H20ClN3O3. The first-order valence-electron chi connectivity index (χ1n) is 7.32. The van der Waals surface area contributed by atoms with Gasteiger partial charge in [0.1, 0.15) is 0 Å². The SMILES string of the molecule is CN(Cc1cc([N+](=O)[O-])ccc1Cl)C(=O)[C@@H]1CCC[C@@H]1CN. The molecule has 1 fully saturated rings. The van der Waals surface area contributed by atoms with Crippen LogP contribution in [0.1, 0.15) is 24.8 Å². The lowest BCUT2D eigenvalue weighted by molar-refractivity contribution is -0.384. The van der Waals surface area contributed by atoms with Gasteiger partial charge in [0.05, 0.1) is 4.92 Å². The third kappa shape index (κ3) is 3.56. The van der Waals surface area contributed by atoms with Crippen molar-refractivity contribution in [3.63, 3.8) is 0 Å². The minimum Gasteiger partial charge on any atom is -0.341 e. The topological polar surface area (TPSA) is 89.5 Å². The van der Waals surface area contributed by atoms with Gasteiger partial charge in [-0.05, 0) is 36.9 Å². The van der Waals surface area contributed by atoms with E-state index in [1.807, 2.05) is 0 Å². The van der Waals surface area contributed by atoms with Crippen molar-refractivity contribution in [1.82, 2.24) is 4.90 Å². The number of benzene rings is 1. The van der Waals surface area contributed by atoms with E-state index in [4.69, 9.17) is 17.3 Å². The molecule has 0 bridgehead atoms. The molecule has 1 amide bonds. The summed E-state index contributed by atoms with van der Waals surface area (Å²) in [5.74, 6) is 0.221. The third-order valence-electron chi connectivity index (χ3n) is 4.30. The largest absolute Gasteiger partial charge is 0.341 e. The Labute approximate surface area is 134 Å². The molecule has 2 N–H and O–H groups in total. The highest BCUT2D eigenvalue weighted by atomic mass is 35.5. The molecule has 6 nitrogen and oxygen atoms in total. The Kier molecular flexibility index (Phi) is 5.37. The molecule has 1 aliphatic rings. The summed E-state index contributed by atoms with van der Waals surface area (Å²) in [7, 11) is 1.70. The molecule has 1 aromatic carbocycles. The van der Waals surface area contributed by atoms with E-state index < -0.39 is 4.92 Å². The maximum atomic E-state index is 12.5. The van der Waals surface area contributed by atoms with Gasteiger partial charge in [0.25, 0.3) is 5.69 Å². The number of hydrogen-bond acceptors (Lipinski definition) is 4. The van der Waals surface area contributed by atoms with Crippen LogP contribution in [-0.2, 0) is 11.3 Å². The van der Waals surface area contributed by atoms with Gasteiger partial charge in [-0.3, -0.25) is 14.9 Å². The lowest BCUT2D eigenvalue weighted by Gasteiger charge is -2.24. The molecule has 1 aromatic rings. The van der Waals surface area contributed by atoms with Crippen molar-refractivity contribution in [3.05, 3.63) is 38.9 Å². The molecule has 1 saturated carbocycles. The molecule has 0 radical (unpaired) electrons. The molecule has 0 aromatic heterocycles. The molecule has 2 rings (SSSR count). The second kappa shape index (κ2) is 7.07. The van der Waals surface area contributed by atoms with Crippen LogP contribution < -0.4 is 5.73 Å². The number of nitro benzene ring substituents is 1. The van der Waals surface area contributed by atoms with Crippen LogP contribution in [0.3, 0.4) is 0 Å². The summed E-state index contributed by atoms with van der Waals surface area (Å²) in [6.45, 7) is 0.773. The smallest absolute Gasteiger partial charge is 0.269 e. The lowest BCUT2D eigenvalue weighted by Crippen LogP contribution is -2.36. The third-order valence-corrected chi connectivity index (χ3v) is 4.67. The minimum absolute atomic E-state index is 0.0269. The van der Waals surface area contributed by atoms with Crippen molar-refractivity contribution in [3.8, 4) is 0 Å². The Morgan fingerprint density at radius 1 is 1.50 bits per heavy atom. The van der Waals surface area contributed by atoms with Crippen molar-refractivity contribution < 1.29 is 9.72 Å². The van der Waals surface area contributed by atoms with Gasteiger partial charge in [-0.15, -0.1) is 0 Å². The first-order chi connectivity index (χ1) is 10.4. The minimum atomic E-state index is -0.469. The number of non-ortho nitro benzene ring substituents is 1. The van der Waals surface area contributed by atoms with Gasteiger partial charge in [0, 0.05) is 36.7 Å². The predicted octanol–water partition coefficient (Wildman–Crippen LogP) is 2.58. The molecule has 2 atom stereocenters. The summed E-state index contributed by atoms with van der Waals surface area (Å²) in [5, 5.41) is 11.3. The molecule has 0 heterocycles. The molecule has 7 heteroatoms. The number of carbonyl (C=O) groups is 1. The number of hydrogen-bond donors (Lipinski definition) is 1. The average Bonchev–Trinajstić information content (AvgIpc) is 2.96. The van der Waals surface area contributed by atoms with E-state index >= 15 is 0 Å². The quantitative estimate of drug-likeness (QED) is 0.665. The molecule has 0 spiro atoms. The van der Waals surface area contributed by atoms with Crippen LogP contribution in [0.25, 0.3) is 0 Å². The zero-order valence-corrected chi connectivity index (χ0v) is 13.3. The monoisotopic (exact) mass is 325 g/mol. The summed E-state index contributed by atoms with van der Waals surface area (Å²) in [4.78, 5) is 24.5. The van der Waals surface area contributed by atoms with Gasteiger partial charge in [0.2, 0.25) is 5.91 Å². The molecule has 0 aliphatic heterocycles. The van der Waals surface area contributed by atoms with Crippen LogP contribution in [0.15, 0.2) is 18.2 Å². The van der Waals surface area contributed by atoms with E-state index in [1.54, 1.807) is 11.9 Å². The highest BCUT2D eigenvalue weighted by Gasteiger charge is 2.33. The van der Waals surface area contributed by atoms with Crippen molar-refractivity contribution in [2.75, 3.05) is 13.6 Å². The molecule has 22 heavy (non-hydrogen) atoms. The van der Waals surface area contributed by atoms with Crippen molar-refractivity contribution in [2.45, 2.75) is 25.8 Å². The number of rotatable bonds is 5. The number of nitrogens with two attached hydrogens (primary N) is 1. The summed E-state index contributed by atoms with van der Waals surface area (Å²) in [6.07, 6.45) is 2.86. The first kappa shape index (κ1) is 16.7. The van der Waals surface area contributed by atoms with Gasteiger partial charge in [-0.2, -0.15) is 0 Å². The zero-order valence-electron chi connectivity index (χ0n) is 12.5. The van der Waals surface area contributed by atoms with Crippen LogP contribution in [0.5, 0.6) is 0 Å². The summed E-state index contributed by atoms with van der Waals surface area (Å²) < 4.78 is 0. The fourth-order valence-corrected chi connectivity index (χ4v) is 3.23. The number of halogens is 1. The van der Waals surface area contributed by atoms with E-state index in [1.165, 1.54) is 18.2 Å². The van der Waals surface area contributed by atoms with E-state index in [9.17, 15) is 14.9 Å². The van der Waals surface area contributed by atoms with Gasteiger partial charge in [-0.25, -0.2) is 0 Å². The molecule has 120 valence electrons. The van der Waals surface area contributed by atoms with Crippen molar-refractivity contribution in [1.29, 1.82) is 0 Å². The van der Waals surface area contributed by atoms with Gasteiger partial charge < -0.3 is 10.6 Å². The Hall–Kier alpha value is -1.66. The van der Waals surface area contributed by atoms with Crippen LogP contribution in [0.2, 0.25) is 5.02 Å². The summed E-state index contributed by atoms with van der Waals surface area (Å²) >= 11 is 6.08. The molecular weight excluding hydrogens is 306 g/mol. The highest BCUT2D eigenvalue weighted by molar-refractivity contribution is 6.31. The number of nitro groups is 1. The lowest BCUT2D eigenvalue weighted by atomic mass is 9.95. The maximum absolute atomic E-state index is 12.5. The van der Waals surface area contributed by atoms with Gasteiger partial charge >= 0.3 is 0 Å². The fourth-order valence-electron chi connectivity index (χ4n) is 3.06. The van der Waals surface area contributed by atoms with Crippen LogP contribution in [0, 0.1) is 22.0 Å². The van der Waals surface area contributed by atoms with Crippen molar-refractivity contribution >= 4 is 23.2 Å². The fraction of sp³-hybridized carbons (Fsp3) is 0.533. The summed E-state index contributed by atoms with van der Waals surface area (Å²) in [5.41, 5.74) is 6.28. The number of amides is 1. The van der Waals surface area contributed by atoms with E-state index in [0.717, 1.165) is 19.3 Å². The normalized spacial score (nSPS) is 20.9. The molecule has 0 saturated heterocycles. The average molecular weight is 326 g/mol. The second-order valence-corrected chi connectivity index (χ2v) is 6.17. The first-order valence-corrected chi connectivity index (χ1v) is 7.69. The Bertz CT molecular complexity index is 579. The predicted molar refractivity (Wildman–Crippen MR) is 84.5 cm³/mol. The van der Waals surface area contributed by atoms with Crippen LogP contribution in [-0.4, -0.2) is 29.3 Å². The Balaban J connectivity index is 2.11. The van der Waals surface area contributed by atoms with E-state index in [0.29, 0.717) is 17.1 Å². The summed E-state index contributed by atoms with van der Waals surface area (Å²) in [6, 6.07) is 4.27. The number of nitrogens with zero attached hydrogens (tertiary/aromatic N) is 2. The number of carbonyl (C=O) groups excluding carboxylic acids is 1. The second-order valence-electron chi connectivity index (χ2n) is 5.76. The molecule has 0 unspecified atom stereocenters. The standard InChI is InChI=1S/C15H20ClN3O3/c1-18(15(20)13-4-2-3-10(13)8-17)9-11-7-12(19(21)22)5-6-14(11)16/h5-7,10,13H,2-4,8-9,17H2,1H3/t10-,13-/m1/s1. The van der Waals surface area contributed by atoms with Gasteiger partial charge in [0.15, 0.2) is 0 Å². The van der Waals surface area contributed by atoms with E-state index in [-0.39, 0.29) is 30.0 Å². The van der Waals surface area contributed by atoms with Crippen molar-refractivity contribution in [2.24, 2.45) is 17.6 Å². The van der Waals surface area contributed by atoms with Crippen LogP contribution in [0.4, 0.5) is 5.69 Å². The maximum Gasteiger partial charge on any atom is 0.269 e. The highest BCUT2D eigenvalue weighted by Crippen LogP contribution is 2.33. The van der Waals surface area contributed by atoms with Gasteiger partial charge in [-0.1, -0.05) is 18.0 Å². The van der Waals surface area contributed by atoms with Crippen LogP contribution >= 0.6 is 11.6 Å². The Morgan fingerprint density at radius 3 is 2.86 bits per heavy atom. The Morgan fingerprint density at radius 2 is 2.23 bits per heavy atom.